The van der Waals surface area contributed by atoms with E-state index in [1.807, 2.05) is 6.07 Å². The molecule has 3 nitrogen and oxygen atoms in total. The molecule has 1 aromatic heterocycles. The largest absolute Gasteiger partial charge is 0.497 e. The molecule has 1 aliphatic heterocycles. The Morgan fingerprint density at radius 2 is 1.95 bits per heavy atom. The molecule has 20 heavy (non-hydrogen) atoms. The molecule has 98 valence electrons. The highest BCUT2D eigenvalue weighted by molar-refractivity contribution is 5.98. The van der Waals surface area contributed by atoms with E-state index in [0.717, 1.165) is 12.4 Å². The van der Waals surface area contributed by atoms with Gasteiger partial charge in [0, 0.05) is 23.7 Å². The Morgan fingerprint density at radius 3 is 2.75 bits per heavy atom. The Labute approximate surface area is 117 Å². The van der Waals surface area contributed by atoms with Crippen LogP contribution in [0, 0.1) is 0 Å². The lowest BCUT2D eigenvalue weighted by Gasteiger charge is -2.13. The van der Waals surface area contributed by atoms with Gasteiger partial charge in [0.15, 0.2) is 6.21 Å². The maximum atomic E-state index is 5.39. The van der Waals surface area contributed by atoms with Gasteiger partial charge in [-0.15, -0.1) is 0 Å². The number of benzene rings is 2. The van der Waals surface area contributed by atoms with Gasteiger partial charge in [0.25, 0.3) is 0 Å². The average molecular weight is 263 g/mol. The summed E-state index contributed by atoms with van der Waals surface area (Å²) in [6.45, 7) is 0.840. The van der Waals surface area contributed by atoms with Gasteiger partial charge in [-0.05, 0) is 18.2 Å². The molecule has 4 rings (SSSR count). The van der Waals surface area contributed by atoms with E-state index in [1.54, 1.807) is 7.11 Å². The summed E-state index contributed by atoms with van der Waals surface area (Å²) < 4.78 is 9.92. The van der Waals surface area contributed by atoms with Crippen LogP contribution < -0.4 is 4.74 Å². The fourth-order valence-corrected chi connectivity index (χ4v) is 2.84. The molecule has 0 radical (unpaired) electrons. The van der Waals surface area contributed by atoms with Crippen molar-refractivity contribution in [2.24, 2.45) is 0 Å². The van der Waals surface area contributed by atoms with Crippen molar-refractivity contribution >= 4 is 22.8 Å². The second-order valence-electron chi connectivity index (χ2n) is 5.02. The zero-order valence-corrected chi connectivity index (χ0v) is 11.3. The van der Waals surface area contributed by atoms with Crippen molar-refractivity contribution in [3.63, 3.8) is 0 Å². The van der Waals surface area contributed by atoms with E-state index in [-0.39, 0.29) is 0 Å². The van der Waals surface area contributed by atoms with Gasteiger partial charge in [0.05, 0.1) is 18.2 Å². The minimum Gasteiger partial charge on any atom is -0.497 e. The number of para-hydroxylation sites is 1. The number of methoxy groups -OCH3 is 1. The molecule has 0 saturated heterocycles. The average Bonchev–Trinajstić information content (AvgIpc) is 2.92. The van der Waals surface area contributed by atoms with E-state index < -0.39 is 0 Å². The first-order valence-corrected chi connectivity index (χ1v) is 6.68. The summed E-state index contributed by atoms with van der Waals surface area (Å²) in [5.41, 5.74) is 3.67. The third-order valence-electron chi connectivity index (χ3n) is 3.79. The molecule has 0 fully saturated rings. The van der Waals surface area contributed by atoms with Gasteiger partial charge < -0.3 is 4.74 Å². The van der Waals surface area contributed by atoms with Crippen molar-refractivity contribution in [1.82, 2.24) is 4.57 Å². The SMILES string of the molecule is COc1cc2c3c(ccn3C[N+](c3ccccc3)=C2)c1. The molecular formula is C17H15N2O+. The molecule has 1 aliphatic rings. The smallest absolute Gasteiger partial charge is 0.228 e. The highest BCUT2D eigenvalue weighted by atomic mass is 16.5. The van der Waals surface area contributed by atoms with Gasteiger partial charge in [-0.3, -0.25) is 4.57 Å². The van der Waals surface area contributed by atoms with Crippen molar-refractivity contribution in [2.45, 2.75) is 6.67 Å². The molecule has 0 amide bonds. The molecular weight excluding hydrogens is 248 g/mol. The second kappa shape index (κ2) is 4.23. The number of rotatable bonds is 2. The predicted molar refractivity (Wildman–Crippen MR) is 80.0 cm³/mol. The van der Waals surface area contributed by atoms with Crippen LogP contribution in [0.4, 0.5) is 5.69 Å². The monoisotopic (exact) mass is 263 g/mol. The Morgan fingerprint density at radius 1 is 1.10 bits per heavy atom. The van der Waals surface area contributed by atoms with Gasteiger partial charge in [0.2, 0.25) is 12.4 Å². The minimum absolute atomic E-state index is 0.840. The zero-order chi connectivity index (χ0) is 13.5. The second-order valence-corrected chi connectivity index (χ2v) is 5.02. The number of ether oxygens (including phenoxy) is 1. The Kier molecular flexibility index (Phi) is 2.39. The van der Waals surface area contributed by atoms with E-state index in [0.29, 0.717) is 0 Å². The third-order valence-corrected chi connectivity index (χ3v) is 3.79. The summed E-state index contributed by atoms with van der Waals surface area (Å²) >= 11 is 0. The minimum atomic E-state index is 0.840. The number of aromatic nitrogens is 1. The van der Waals surface area contributed by atoms with Gasteiger partial charge in [-0.25, -0.2) is 0 Å². The first-order chi connectivity index (χ1) is 9.85. The molecule has 0 aliphatic carbocycles. The van der Waals surface area contributed by atoms with Crippen LogP contribution in [0.2, 0.25) is 0 Å². The van der Waals surface area contributed by atoms with Crippen molar-refractivity contribution in [1.29, 1.82) is 0 Å². The van der Waals surface area contributed by atoms with Crippen LogP contribution in [0.3, 0.4) is 0 Å². The summed E-state index contributed by atoms with van der Waals surface area (Å²) in [6.07, 6.45) is 4.33. The standard InChI is InChI=1S/C17H15N2O/c1-20-16-9-13-7-8-18-12-19(11-14(10-16)17(13)18)15-5-3-2-4-6-15/h2-11H,12H2,1H3/q+1. The summed E-state index contributed by atoms with van der Waals surface area (Å²) in [6, 6.07) is 16.7. The number of hydrogen-bond acceptors (Lipinski definition) is 1. The van der Waals surface area contributed by atoms with E-state index in [4.69, 9.17) is 4.74 Å². The van der Waals surface area contributed by atoms with Gasteiger partial charge in [-0.2, -0.15) is 4.58 Å². The highest BCUT2D eigenvalue weighted by Crippen LogP contribution is 2.28. The maximum absolute atomic E-state index is 5.39. The fraction of sp³-hybridized carbons (Fsp3) is 0.118. The van der Waals surface area contributed by atoms with Crippen LogP contribution in [-0.4, -0.2) is 22.5 Å². The third kappa shape index (κ3) is 1.63. The Bertz CT molecular complexity index is 816. The lowest BCUT2D eigenvalue weighted by atomic mass is 10.1. The molecule has 3 heteroatoms. The van der Waals surface area contributed by atoms with E-state index in [9.17, 15) is 0 Å². The fourth-order valence-electron chi connectivity index (χ4n) is 2.84. The molecule has 2 heterocycles. The van der Waals surface area contributed by atoms with E-state index >= 15 is 0 Å². The summed E-state index contributed by atoms with van der Waals surface area (Å²) in [5.74, 6) is 0.899. The highest BCUT2D eigenvalue weighted by Gasteiger charge is 2.20. The zero-order valence-electron chi connectivity index (χ0n) is 11.3. The van der Waals surface area contributed by atoms with E-state index in [2.05, 4.69) is 64.0 Å². The summed E-state index contributed by atoms with van der Waals surface area (Å²) in [5, 5.41) is 1.23. The number of nitrogens with zero attached hydrogens (tertiary/aromatic N) is 2. The van der Waals surface area contributed by atoms with Crippen molar-refractivity contribution < 1.29 is 9.31 Å². The Balaban J connectivity index is 1.93. The topological polar surface area (TPSA) is 17.2 Å². The van der Waals surface area contributed by atoms with Crippen LogP contribution in [0.15, 0.2) is 54.7 Å². The first-order valence-electron chi connectivity index (χ1n) is 6.68. The van der Waals surface area contributed by atoms with Crippen molar-refractivity contribution in [3.8, 4) is 5.75 Å². The van der Waals surface area contributed by atoms with Gasteiger partial charge in [-0.1, -0.05) is 18.2 Å². The lowest BCUT2D eigenvalue weighted by Crippen LogP contribution is -2.18. The van der Waals surface area contributed by atoms with Crippen molar-refractivity contribution in [2.75, 3.05) is 7.11 Å². The van der Waals surface area contributed by atoms with Gasteiger partial charge in [0.1, 0.15) is 5.75 Å². The summed E-state index contributed by atoms with van der Waals surface area (Å²) in [7, 11) is 1.71. The lowest BCUT2D eigenvalue weighted by molar-refractivity contribution is -0.471. The van der Waals surface area contributed by atoms with E-state index in [1.165, 1.54) is 22.2 Å². The van der Waals surface area contributed by atoms with Crippen LogP contribution in [0.25, 0.3) is 10.9 Å². The van der Waals surface area contributed by atoms with Crippen LogP contribution >= 0.6 is 0 Å². The Hall–Kier alpha value is -2.55. The molecule has 3 aromatic rings. The molecule has 0 atom stereocenters. The molecule has 0 spiro atoms. The molecule has 2 aromatic carbocycles. The number of hydrogen-bond donors (Lipinski definition) is 0. The summed E-state index contributed by atoms with van der Waals surface area (Å²) in [4.78, 5) is 0. The van der Waals surface area contributed by atoms with Crippen LogP contribution in [0.5, 0.6) is 5.75 Å². The quantitative estimate of drug-likeness (QED) is 0.648. The molecule has 0 saturated carbocycles. The predicted octanol–water partition coefficient (Wildman–Crippen LogP) is 3.38. The van der Waals surface area contributed by atoms with Crippen molar-refractivity contribution in [3.05, 3.63) is 60.3 Å². The van der Waals surface area contributed by atoms with Gasteiger partial charge >= 0.3 is 0 Å². The normalized spacial score (nSPS) is 13.3. The first kappa shape index (κ1) is 11.3. The van der Waals surface area contributed by atoms with Crippen LogP contribution in [-0.2, 0) is 6.67 Å². The molecule has 0 bridgehead atoms. The van der Waals surface area contributed by atoms with Crippen LogP contribution in [0.1, 0.15) is 5.56 Å². The molecule has 0 N–H and O–H groups in total. The molecule has 0 unspecified atom stereocenters. The maximum Gasteiger partial charge on any atom is 0.228 e.